The second kappa shape index (κ2) is 10.0. The molecular weight excluding hydrogens is 496 g/mol. The number of benzene rings is 1. The fourth-order valence-corrected chi connectivity index (χ4v) is 9.28. The van der Waals surface area contributed by atoms with E-state index in [2.05, 4.69) is 6.92 Å². The standard InChI is InChI=1S/C32H44O7/c1-20(38-28(35)13-10-22-8-6-5-7-9-22)31(36)16-17-32(37)25-12-11-23-18-24(34)14-15-29(23,3)26(25)19-27(30(31,32)4)39-21(2)33/h5-10,13,20,23-27,34,36-37H,11-12,14-19H2,1-4H3/t20-,23+,24+,25-,26?,27-,29+,30-,31-,32+/m1/s1. The molecule has 10 atom stereocenters. The van der Waals surface area contributed by atoms with Crippen molar-refractivity contribution in [2.75, 3.05) is 0 Å². The van der Waals surface area contributed by atoms with Crippen molar-refractivity contribution < 1.29 is 34.4 Å². The summed E-state index contributed by atoms with van der Waals surface area (Å²) >= 11 is 0. The summed E-state index contributed by atoms with van der Waals surface area (Å²) < 4.78 is 11.7. The number of esters is 2. The summed E-state index contributed by atoms with van der Waals surface area (Å²) in [5, 5.41) is 35.3. The molecular formula is C32H44O7. The highest BCUT2D eigenvalue weighted by molar-refractivity contribution is 5.87. The largest absolute Gasteiger partial charge is 0.462 e. The first kappa shape index (κ1) is 28.3. The fourth-order valence-electron chi connectivity index (χ4n) is 9.28. The third-order valence-corrected chi connectivity index (χ3v) is 11.6. The van der Waals surface area contributed by atoms with Gasteiger partial charge in [0, 0.05) is 13.0 Å². The minimum Gasteiger partial charge on any atom is -0.462 e. The van der Waals surface area contributed by atoms with Crippen molar-refractivity contribution in [1.82, 2.24) is 0 Å². The van der Waals surface area contributed by atoms with E-state index in [4.69, 9.17) is 9.47 Å². The lowest BCUT2D eigenvalue weighted by molar-refractivity contribution is -0.290. The van der Waals surface area contributed by atoms with Gasteiger partial charge in [-0.05, 0) is 93.1 Å². The minimum absolute atomic E-state index is 0.0827. The quantitative estimate of drug-likeness (QED) is 0.374. The molecule has 1 aromatic carbocycles. The molecule has 1 aromatic rings. The monoisotopic (exact) mass is 540 g/mol. The van der Waals surface area contributed by atoms with E-state index in [1.165, 1.54) is 13.0 Å². The lowest BCUT2D eigenvalue weighted by atomic mass is 9.42. The Morgan fingerprint density at radius 2 is 1.72 bits per heavy atom. The highest BCUT2D eigenvalue weighted by Gasteiger charge is 2.77. The van der Waals surface area contributed by atoms with E-state index in [1.54, 1.807) is 13.0 Å². The summed E-state index contributed by atoms with van der Waals surface area (Å²) in [4.78, 5) is 25.2. The number of carbonyl (C=O) groups is 2. The molecule has 0 bridgehead atoms. The first-order chi connectivity index (χ1) is 18.3. The summed E-state index contributed by atoms with van der Waals surface area (Å²) in [6.07, 6.45) is 6.22. The van der Waals surface area contributed by atoms with E-state index in [1.807, 2.05) is 37.3 Å². The summed E-state index contributed by atoms with van der Waals surface area (Å²) in [5.74, 6) is -0.667. The number of hydrogen-bond acceptors (Lipinski definition) is 7. The summed E-state index contributed by atoms with van der Waals surface area (Å²) in [7, 11) is 0. The molecule has 0 heterocycles. The van der Waals surface area contributed by atoms with Crippen molar-refractivity contribution in [3.05, 3.63) is 42.0 Å². The maximum atomic E-state index is 12.8. The number of hydrogen-bond donors (Lipinski definition) is 3. The van der Waals surface area contributed by atoms with Crippen LogP contribution in [-0.4, -0.2) is 56.8 Å². The van der Waals surface area contributed by atoms with Gasteiger partial charge in [0.15, 0.2) is 0 Å². The summed E-state index contributed by atoms with van der Waals surface area (Å²) in [6, 6.07) is 9.41. The van der Waals surface area contributed by atoms with Crippen LogP contribution in [0.4, 0.5) is 0 Å². The van der Waals surface area contributed by atoms with Gasteiger partial charge in [-0.15, -0.1) is 0 Å². The third-order valence-electron chi connectivity index (χ3n) is 11.6. The molecule has 0 saturated heterocycles. The van der Waals surface area contributed by atoms with Gasteiger partial charge >= 0.3 is 11.9 Å². The highest BCUT2D eigenvalue weighted by Crippen LogP contribution is 2.71. The van der Waals surface area contributed by atoms with Crippen LogP contribution in [0.5, 0.6) is 0 Å². The molecule has 0 aromatic heterocycles. The van der Waals surface area contributed by atoms with Gasteiger partial charge in [-0.2, -0.15) is 0 Å². The van der Waals surface area contributed by atoms with E-state index in [0.29, 0.717) is 18.8 Å². The van der Waals surface area contributed by atoms with Crippen molar-refractivity contribution >= 4 is 18.0 Å². The van der Waals surface area contributed by atoms with Gasteiger partial charge in [-0.3, -0.25) is 4.79 Å². The van der Waals surface area contributed by atoms with Crippen LogP contribution < -0.4 is 0 Å². The van der Waals surface area contributed by atoms with Crippen molar-refractivity contribution in [2.45, 2.75) is 109 Å². The zero-order valence-corrected chi connectivity index (χ0v) is 23.6. The predicted octanol–water partition coefficient (Wildman–Crippen LogP) is 4.42. The van der Waals surface area contributed by atoms with Crippen LogP contribution >= 0.6 is 0 Å². The molecule has 1 unspecified atom stereocenters. The molecule has 4 aliphatic carbocycles. The average Bonchev–Trinajstić information content (AvgIpc) is 3.12. The van der Waals surface area contributed by atoms with E-state index >= 15 is 0 Å². The summed E-state index contributed by atoms with van der Waals surface area (Å²) in [5.41, 5.74) is -3.35. The van der Waals surface area contributed by atoms with Gasteiger partial charge in [0.2, 0.25) is 0 Å². The third kappa shape index (κ3) is 4.36. The molecule has 3 N–H and O–H groups in total. The lowest BCUT2D eigenvalue weighted by Crippen LogP contribution is -2.72. The Labute approximate surface area is 231 Å². The van der Waals surface area contributed by atoms with Crippen LogP contribution in [0.15, 0.2) is 36.4 Å². The molecule has 214 valence electrons. The van der Waals surface area contributed by atoms with Gasteiger partial charge in [-0.1, -0.05) is 44.2 Å². The van der Waals surface area contributed by atoms with Gasteiger partial charge in [0.05, 0.1) is 17.1 Å². The minimum atomic E-state index is -1.59. The van der Waals surface area contributed by atoms with E-state index in [9.17, 15) is 24.9 Å². The van der Waals surface area contributed by atoms with E-state index in [0.717, 1.165) is 37.7 Å². The molecule has 0 radical (unpaired) electrons. The van der Waals surface area contributed by atoms with Crippen LogP contribution in [0.1, 0.15) is 84.6 Å². The maximum Gasteiger partial charge on any atom is 0.331 e. The summed E-state index contributed by atoms with van der Waals surface area (Å²) in [6.45, 7) is 7.14. The Hall–Kier alpha value is -2.22. The number of rotatable bonds is 5. The van der Waals surface area contributed by atoms with Gasteiger partial charge < -0.3 is 24.8 Å². The number of carbonyl (C=O) groups excluding carboxylic acids is 2. The number of aliphatic hydroxyl groups excluding tert-OH is 1. The topological polar surface area (TPSA) is 113 Å². The van der Waals surface area contributed by atoms with E-state index < -0.39 is 40.8 Å². The molecule has 0 spiro atoms. The lowest BCUT2D eigenvalue weighted by Gasteiger charge is -2.66. The Kier molecular flexibility index (Phi) is 7.26. The van der Waals surface area contributed by atoms with Crippen LogP contribution in [-0.2, 0) is 19.1 Å². The molecule has 0 amide bonds. The molecule has 5 rings (SSSR count). The maximum absolute atomic E-state index is 12.8. The van der Waals surface area contributed by atoms with Crippen LogP contribution in [0.3, 0.4) is 0 Å². The van der Waals surface area contributed by atoms with Crippen molar-refractivity contribution in [3.63, 3.8) is 0 Å². The molecule has 7 heteroatoms. The highest BCUT2D eigenvalue weighted by atomic mass is 16.6. The van der Waals surface area contributed by atoms with Gasteiger partial charge in [0.1, 0.15) is 17.8 Å². The van der Waals surface area contributed by atoms with Crippen LogP contribution in [0.2, 0.25) is 0 Å². The molecule has 4 saturated carbocycles. The van der Waals surface area contributed by atoms with Crippen molar-refractivity contribution in [1.29, 1.82) is 0 Å². The van der Waals surface area contributed by atoms with E-state index in [-0.39, 0.29) is 29.8 Å². The van der Waals surface area contributed by atoms with Crippen molar-refractivity contribution in [2.24, 2.45) is 28.6 Å². The second-order valence-electron chi connectivity index (χ2n) is 13.1. The number of fused-ring (bicyclic) bond motifs is 5. The Morgan fingerprint density at radius 1 is 1.00 bits per heavy atom. The van der Waals surface area contributed by atoms with Crippen molar-refractivity contribution in [3.8, 4) is 0 Å². The zero-order valence-electron chi connectivity index (χ0n) is 23.6. The van der Waals surface area contributed by atoms with Gasteiger partial charge in [0.25, 0.3) is 0 Å². The zero-order chi connectivity index (χ0) is 28.2. The molecule has 39 heavy (non-hydrogen) atoms. The predicted molar refractivity (Wildman–Crippen MR) is 146 cm³/mol. The Bertz CT molecular complexity index is 1120. The Balaban J connectivity index is 1.45. The first-order valence-corrected chi connectivity index (χ1v) is 14.6. The molecule has 4 aliphatic rings. The fraction of sp³-hybridized carbons (Fsp3) is 0.688. The number of ether oxygens (including phenoxy) is 2. The van der Waals surface area contributed by atoms with Crippen LogP contribution in [0, 0.1) is 28.6 Å². The molecule has 4 fully saturated rings. The molecule has 7 nitrogen and oxygen atoms in total. The number of aliphatic hydroxyl groups is 3. The average molecular weight is 541 g/mol. The second-order valence-corrected chi connectivity index (χ2v) is 13.1. The first-order valence-electron chi connectivity index (χ1n) is 14.6. The van der Waals surface area contributed by atoms with Crippen LogP contribution in [0.25, 0.3) is 6.08 Å². The Morgan fingerprint density at radius 3 is 2.41 bits per heavy atom. The van der Waals surface area contributed by atoms with Gasteiger partial charge in [-0.25, -0.2) is 4.79 Å². The normalized spacial score (nSPS) is 44.1. The molecule has 0 aliphatic heterocycles. The smallest absolute Gasteiger partial charge is 0.331 e. The SMILES string of the molecule is CC(=O)O[C@@H]1CC2[C@@H](CC[C@H]3C[C@@H](O)CC[C@]23C)[C@@]2(O)CC[C@@](O)([C@@H](C)OC(=O)C=Cc3ccccc3)[C@@]12C.